The van der Waals surface area contributed by atoms with Crippen LogP contribution < -0.4 is 11.3 Å². The van der Waals surface area contributed by atoms with Crippen LogP contribution >= 0.6 is 11.6 Å². The van der Waals surface area contributed by atoms with Gasteiger partial charge in [-0.3, -0.25) is 16.2 Å². The van der Waals surface area contributed by atoms with E-state index in [9.17, 15) is 0 Å². The molecule has 1 fully saturated rings. The standard InChI is InChI=1S/C15H24ClN3O/c1-15(2,19-7-9-20-10-8-19)14(18-17)11-12-5-3-4-6-13(12)16/h3-6,14,18H,7-11,17H2,1-2H3. The average Bonchev–Trinajstić information content (AvgIpc) is 2.47. The Kier molecular flexibility index (Phi) is 5.41. The fourth-order valence-corrected chi connectivity index (χ4v) is 2.97. The number of benzene rings is 1. The van der Waals surface area contributed by atoms with Gasteiger partial charge in [0.25, 0.3) is 0 Å². The third-order valence-corrected chi connectivity index (χ3v) is 4.63. The summed E-state index contributed by atoms with van der Waals surface area (Å²) in [5, 5.41) is 0.797. The highest BCUT2D eigenvalue weighted by molar-refractivity contribution is 6.31. The Hall–Kier alpha value is -0.650. The summed E-state index contributed by atoms with van der Waals surface area (Å²) in [7, 11) is 0. The van der Waals surface area contributed by atoms with E-state index >= 15 is 0 Å². The molecule has 1 aliphatic rings. The zero-order chi connectivity index (χ0) is 14.6. The van der Waals surface area contributed by atoms with Crippen molar-refractivity contribution in [1.82, 2.24) is 10.3 Å². The van der Waals surface area contributed by atoms with Crippen LogP contribution in [0.25, 0.3) is 0 Å². The first-order chi connectivity index (χ1) is 9.55. The van der Waals surface area contributed by atoms with Crippen molar-refractivity contribution < 1.29 is 4.74 Å². The van der Waals surface area contributed by atoms with E-state index in [4.69, 9.17) is 22.2 Å². The number of hydrazine groups is 1. The summed E-state index contributed by atoms with van der Waals surface area (Å²) in [5.74, 6) is 5.81. The maximum absolute atomic E-state index is 6.26. The maximum atomic E-state index is 6.26. The predicted octanol–water partition coefficient (Wildman–Crippen LogP) is 1.83. The Balaban J connectivity index is 2.12. The molecule has 0 aromatic heterocycles. The van der Waals surface area contributed by atoms with Gasteiger partial charge in [-0.15, -0.1) is 0 Å². The Bertz CT molecular complexity index is 433. The number of morpholine rings is 1. The number of ether oxygens (including phenoxy) is 1. The van der Waals surface area contributed by atoms with Gasteiger partial charge in [0.05, 0.1) is 13.2 Å². The van der Waals surface area contributed by atoms with Gasteiger partial charge >= 0.3 is 0 Å². The number of rotatable bonds is 5. The molecule has 1 saturated heterocycles. The molecule has 112 valence electrons. The van der Waals surface area contributed by atoms with Crippen LogP contribution in [-0.2, 0) is 11.2 Å². The minimum atomic E-state index is -0.0578. The fraction of sp³-hybridized carbons (Fsp3) is 0.600. The van der Waals surface area contributed by atoms with Crippen molar-refractivity contribution in [2.75, 3.05) is 26.3 Å². The lowest BCUT2D eigenvalue weighted by Gasteiger charge is -2.45. The van der Waals surface area contributed by atoms with Gasteiger partial charge in [-0.1, -0.05) is 29.8 Å². The minimum Gasteiger partial charge on any atom is -0.379 e. The summed E-state index contributed by atoms with van der Waals surface area (Å²) < 4.78 is 5.43. The maximum Gasteiger partial charge on any atom is 0.0594 e. The molecule has 0 spiro atoms. The number of halogens is 1. The van der Waals surface area contributed by atoms with Crippen molar-refractivity contribution in [1.29, 1.82) is 0 Å². The Morgan fingerprint density at radius 1 is 1.35 bits per heavy atom. The van der Waals surface area contributed by atoms with E-state index in [-0.39, 0.29) is 11.6 Å². The molecule has 3 N–H and O–H groups in total. The Morgan fingerprint density at radius 2 is 2.00 bits per heavy atom. The van der Waals surface area contributed by atoms with Gasteiger partial charge in [-0.05, 0) is 31.9 Å². The van der Waals surface area contributed by atoms with Crippen molar-refractivity contribution in [3.63, 3.8) is 0 Å². The van der Waals surface area contributed by atoms with Crippen LogP contribution in [0, 0.1) is 0 Å². The van der Waals surface area contributed by atoms with E-state index in [0.29, 0.717) is 0 Å². The second-order valence-electron chi connectivity index (χ2n) is 5.77. The molecule has 1 aromatic rings. The molecule has 0 amide bonds. The fourth-order valence-electron chi connectivity index (χ4n) is 2.76. The van der Waals surface area contributed by atoms with Crippen LogP contribution in [-0.4, -0.2) is 42.8 Å². The summed E-state index contributed by atoms with van der Waals surface area (Å²) in [6, 6.07) is 8.06. The molecule has 4 nitrogen and oxygen atoms in total. The van der Waals surface area contributed by atoms with Gasteiger partial charge in [-0.2, -0.15) is 0 Å². The zero-order valence-corrected chi connectivity index (χ0v) is 13.0. The van der Waals surface area contributed by atoms with Crippen LogP contribution in [0.15, 0.2) is 24.3 Å². The highest BCUT2D eigenvalue weighted by Crippen LogP contribution is 2.25. The first-order valence-electron chi connectivity index (χ1n) is 7.08. The predicted molar refractivity (Wildman–Crippen MR) is 82.7 cm³/mol. The summed E-state index contributed by atoms with van der Waals surface area (Å²) in [6.45, 7) is 7.89. The average molecular weight is 298 g/mol. The summed E-state index contributed by atoms with van der Waals surface area (Å²) >= 11 is 6.26. The number of nitrogens with two attached hydrogens (primary N) is 1. The third kappa shape index (κ3) is 3.51. The molecule has 0 aliphatic carbocycles. The van der Waals surface area contributed by atoms with E-state index in [1.165, 1.54) is 0 Å². The molecule has 1 unspecified atom stereocenters. The zero-order valence-electron chi connectivity index (χ0n) is 12.2. The summed E-state index contributed by atoms with van der Waals surface area (Å²) in [5.41, 5.74) is 4.04. The molecule has 0 bridgehead atoms. The van der Waals surface area contributed by atoms with Crippen LogP contribution in [0.2, 0.25) is 5.02 Å². The van der Waals surface area contributed by atoms with E-state index < -0.39 is 0 Å². The lowest BCUT2D eigenvalue weighted by molar-refractivity contribution is -0.0233. The molecule has 1 aliphatic heterocycles. The monoisotopic (exact) mass is 297 g/mol. The minimum absolute atomic E-state index is 0.0578. The first-order valence-corrected chi connectivity index (χ1v) is 7.46. The van der Waals surface area contributed by atoms with Gasteiger partial charge in [0.15, 0.2) is 0 Å². The molecule has 5 heteroatoms. The van der Waals surface area contributed by atoms with Gasteiger partial charge in [-0.25, -0.2) is 0 Å². The summed E-state index contributed by atoms with van der Waals surface area (Å²) in [4.78, 5) is 2.43. The van der Waals surface area contributed by atoms with Crippen LogP contribution in [0.5, 0.6) is 0 Å². The van der Waals surface area contributed by atoms with Crippen molar-refractivity contribution in [2.24, 2.45) is 5.84 Å². The number of hydrogen-bond acceptors (Lipinski definition) is 4. The Morgan fingerprint density at radius 3 is 2.60 bits per heavy atom. The van der Waals surface area contributed by atoms with Crippen molar-refractivity contribution in [3.8, 4) is 0 Å². The van der Waals surface area contributed by atoms with E-state index in [2.05, 4.69) is 30.2 Å². The number of nitrogens with one attached hydrogen (secondary N) is 1. The molecular formula is C15H24ClN3O. The lowest BCUT2D eigenvalue weighted by Crippen LogP contribution is -2.62. The van der Waals surface area contributed by atoms with Gasteiger partial charge < -0.3 is 4.74 Å². The van der Waals surface area contributed by atoms with Crippen molar-refractivity contribution in [3.05, 3.63) is 34.9 Å². The highest BCUT2D eigenvalue weighted by atomic mass is 35.5. The topological polar surface area (TPSA) is 50.5 Å². The molecule has 1 heterocycles. The molecule has 2 rings (SSSR count). The molecule has 0 saturated carbocycles. The largest absolute Gasteiger partial charge is 0.379 e. The Labute approximate surface area is 126 Å². The van der Waals surface area contributed by atoms with Crippen molar-refractivity contribution >= 4 is 11.6 Å². The van der Waals surface area contributed by atoms with E-state index in [0.717, 1.165) is 43.3 Å². The van der Waals surface area contributed by atoms with E-state index in [1.807, 2.05) is 18.2 Å². The molecule has 1 atom stereocenters. The van der Waals surface area contributed by atoms with Crippen LogP contribution in [0.1, 0.15) is 19.4 Å². The van der Waals surface area contributed by atoms with Gasteiger partial charge in [0.1, 0.15) is 0 Å². The molecule has 0 radical (unpaired) electrons. The normalized spacial score (nSPS) is 19.0. The second kappa shape index (κ2) is 6.87. The van der Waals surface area contributed by atoms with Gasteiger partial charge in [0.2, 0.25) is 0 Å². The SMILES string of the molecule is CC(C)(C(Cc1ccccc1Cl)NN)N1CCOCC1. The highest BCUT2D eigenvalue weighted by Gasteiger charge is 2.35. The smallest absolute Gasteiger partial charge is 0.0594 e. The number of hydrogen-bond donors (Lipinski definition) is 2. The van der Waals surface area contributed by atoms with E-state index in [1.54, 1.807) is 0 Å². The third-order valence-electron chi connectivity index (χ3n) is 4.26. The molecule has 20 heavy (non-hydrogen) atoms. The molecule has 1 aromatic carbocycles. The quantitative estimate of drug-likeness (QED) is 0.643. The van der Waals surface area contributed by atoms with Gasteiger partial charge in [0, 0.05) is 29.7 Å². The second-order valence-corrected chi connectivity index (χ2v) is 6.18. The number of nitrogens with zero attached hydrogens (tertiary/aromatic N) is 1. The van der Waals surface area contributed by atoms with Crippen molar-refractivity contribution in [2.45, 2.75) is 31.8 Å². The van der Waals surface area contributed by atoms with Crippen LogP contribution in [0.3, 0.4) is 0 Å². The molecular weight excluding hydrogens is 274 g/mol. The lowest BCUT2D eigenvalue weighted by atomic mass is 9.87. The first kappa shape index (κ1) is 15.7. The summed E-state index contributed by atoms with van der Waals surface area (Å²) in [6.07, 6.45) is 0.806. The van der Waals surface area contributed by atoms with Crippen LogP contribution in [0.4, 0.5) is 0 Å².